The molecule has 0 saturated carbocycles. The van der Waals surface area contributed by atoms with E-state index in [2.05, 4.69) is 42.7 Å². The highest BCUT2D eigenvalue weighted by molar-refractivity contribution is 8.07. The standard InChI is InChI=1S/C13H11NS/c1-10-2-4-11(5-3-10)12-6-7-13(8-12)15-9-14/h2-7H,8H2,1H3. The lowest BCUT2D eigenvalue weighted by atomic mass is 10.0. The number of hydrogen-bond donors (Lipinski definition) is 0. The fourth-order valence-corrected chi connectivity index (χ4v) is 2.07. The second-order valence-electron chi connectivity index (χ2n) is 3.56. The maximum atomic E-state index is 8.57. The summed E-state index contributed by atoms with van der Waals surface area (Å²) in [6.07, 6.45) is 5.02. The Kier molecular flexibility index (Phi) is 2.94. The van der Waals surface area contributed by atoms with Crippen LogP contribution in [-0.2, 0) is 0 Å². The van der Waals surface area contributed by atoms with E-state index in [9.17, 15) is 0 Å². The predicted octanol–water partition coefficient (Wildman–Crippen LogP) is 3.88. The van der Waals surface area contributed by atoms with Crippen molar-refractivity contribution in [1.29, 1.82) is 5.26 Å². The Morgan fingerprint density at radius 1 is 1.20 bits per heavy atom. The van der Waals surface area contributed by atoms with Crippen molar-refractivity contribution in [2.45, 2.75) is 13.3 Å². The van der Waals surface area contributed by atoms with Crippen LogP contribution in [0.1, 0.15) is 17.5 Å². The first-order chi connectivity index (χ1) is 7.29. The molecule has 0 amide bonds. The van der Waals surface area contributed by atoms with Gasteiger partial charge in [0, 0.05) is 11.3 Å². The zero-order valence-electron chi connectivity index (χ0n) is 8.53. The molecular formula is C13H11NS. The number of hydrogen-bond acceptors (Lipinski definition) is 2. The molecule has 0 heterocycles. The van der Waals surface area contributed by atoms with E-state index >= 15 is 0 Å². The van der Waals surface area contributed by atoms with Crippen molar-refractivity contribution in [2.75, 3.05) is 0 Å². The lowest BCUT2D eigenvalue weighted by Crippen LogP contribution is -1.82. The molecule has 0 atom stereocenters. The minimum atomic E-state index is 0.890. The normalized spacial score (nSPS) is 14.4. The Balaban J connectivity index is 2.11. The first kappa shape index (κ1) is 10.1. The third-order valence-electron chi connectivity index (χ3n) is 2.43. The van der Waals surface area contributed by atoms with Crippen LogP contribution in [0.25, 0.3) is 5.57 Å². The SMILES string of the molecule is Cc1ccc(C2=CC=C(SC#N)C2)cc1. The number of nitrogens with zero attached hydrogens (tertiary/aromatic N) is 1. The fraction of sp³-hybridized carbons (Fsp3) is 0.154. The van der Waals surface area contributed by atoms with Crippen LogP contribution in [0, 0.1) is 17.6 Å². The van der Waals surface area contributed by atoms with Gasteiger partial charge in [-0.25, -0.2) is 0 Å². The average Bonchev–Trinajstić information content (AvgIpc) is 2.68. The highest BCUT2D eigenvalue weighted by Gasteiger charge is 2.10. The van der Waals surface area contributed by atoms with E-state index in [1.165, 1.54) is 28.5 Å². The van der Waals surface area contributed by atoms with Crippen molar-refractivity contribution in [1.82, 2.24) is 0 Å². The van der Waals surface area contributed by atoms with Crippen LogP contribution in [0.3, 0.4) is 0 Å². The molecule has 0 bridgehead atoms. The molecule has 0 fully saturated rings. The molecule has 0 unspecified atom stereocenters. The van der Waals surface area contributed by atoms with Gasteiger partial charge in [-0.2, -0.15) is 5.26 Å². The third-order valence-corrected chi connectivity index (χ3v) is 3.07. The molecule has 74 valence electrons. The van der Waals surface area contributed by atoms with Crippen molar-refractivity contribution >= 4 is 17.3 Å². The Hall–Kier alpha value is -1.46. The molecule has 0 aliphatic heterocycles. The van der Waals surface area contributed by atoms with Gasteiger partial charge < -0.3 is 0 Å². The number of thiocyanates is 1. The zero-order chi connectivity index (χ0) is 10.7. The van der Waals surface area contributed by atoms with Crippen LogP contribution in [-0.4, -0.2) is 0 Å². The fourth-order valence-electron chi connectivity index (χ4n) is 1.59. The summed E-state index contributed by atoms with van der Waals surface area (Å²) >= 11 is 1.26. The van der Waals surface area contributed by atoms with Crippen molar-refractivity contribution in [3.05, 3.63) is 52.4 Å². The quantitative estimate of drug-likeness (QED) is 0.696. The maximum Gasteiger partial charge on any atom is 0.138 e. The molecule has 2 rings (SSSR count). The van der Waals surface area contributed by atoms with Gasteiger partial charge in [0.2, 0.25) is 0 Å². The van der Waals surface area contributed by atoms with E-state index in [0.29, 0.717) is 0 Å². The molecule has 1 aromatic rings. The van der Waals surface area contributed by atoms with Gasteiger partial charge in [0.05, 0.1) is 0 Å². The Labute approximate surface area is 94.1 Å². The Morgan fingerprint density at radius 3 is 2.60 bits per heavy atom. The molecule has 1 aliphatic rings. The summed E-state index contributed by atoms with van der Waals surface area (Å²) in [7, 11) is 0. The van der Waals surface area contributed by atoms with E-state index in [4.69, 9.17) is 5.26 Å². The monoisotopic (exact) mass is 213 g/mol. The maximum absolute atomic E-state index is 8.57. The second kappa shape index (κ2) is 4.37. The van der Waals surface area contributed by atoms with Crippen molar-refractivity contribution in [3.8, 4) is 5.40 Å². The number of benzene rings is 1. The molecular weight excluding hydrogens is 202 g/mol. The number of thioether (sulfide) groups is 1. The molecule has 1 aromatic carbocycles. The number of rotatable bonds is 2. The topological polar surface area (TPSA) is 23.8 Å². The van der Waals surface area contributed by atoms with Gasteiger partial charge in [-0.15, -0.1) is 0 Å². The highest BCUT2D eigenvalue weighted by atomic mass is 32.2. The molecule has 2 heteroatoms. The van der Waals surface area contributed by atoms with Crippen LogP contribution in [0.2, 0.25) is 0 Å². The van der Waals surface area contributed by atoms with Crippen LogP contribution in [0.15, 0.2) is 41.3 Å². The molecule has 0 aromatic heterocycles. The summed E-state index contributed by atoms with van der Waals surface area (Å²) < 4.78 is 0. The Bertz CT molecular complexity index is 460. The number of aryl methyl sites for hydroxylation is 1. The van der Waals surface area contributed by atoms with Gasteiger partial charge in [-0.05, 0) is 29.8 Å². The first-order valence-electron chi connectivity index (χ1n) is 4.82. The van der Waals surface area contributed by atoms with Gasteiger partial charge in [0.25, 0.3) is 0 Å². The van der Waals surface area contributed by atoms with Crippen LogP contribution in [0.5, 0.6) is 0 Å². The molecule has 1 nitrogen and oxygen atoms in total. The zero-order valence-corrected chi connectivity index (χ0v) is 9.34. The summed E-state index contributed by atoms with van der Waals surface area (Å²) in [5.41, 5.74) is 3.83. The van der Waals surface area contributed by atoms with E-state index in [1.807, 2.05) is 6.08 Å². The van der Waals surface area contributed by atoms with Gasteiger partial charge in [-0.1, -0.05) is 42.0 Å². The number of nitriles is 1. The summed E-state index contributed by atoms with van der Waals surface area (Å²) in [6.45, 7) is 2.09. The van der Waals surface area contributed by atoms with E-state index in [1.54, 1.807) is 0 Å². The third kappa shape index (κ3) is 2.31. The molecule has 0 radical (unpaired) electrons. The molecule has 0 spiro atoms. The lowest BCUT2D eigenvalue weighted by Gasteiger charge is -2.03. The van der Waals surface area contributed by atoms with Crippen molar-refractivity contribution < 1.29 is 0 Å². The summed E-state index contributed by atoms with van der Waals surface area (Å²) in [5.74, 6) is 0. The van der Waals surface area contributed by atoms with E-state index in [-0.39, 0.29) is 0 Å². The minimum Gasteiger partial charge on any atom is -0.185 e. The average molecular weight is 213 g/mol. The Morgan fingerprint density at radius 2 is 1.93 bits per heavy atom. The van der Waals surface area contributed by atoms with Gasteiger partial charge >= 0.3 is 0 Å². The smallest absolute Gasteiger partial charge is 0.138 e. The van der Waals surface area contributed by atoms with Crippen molar-refractivity contribution in [3.63, 3.8) is 0 Å². The van der Waals surface area contributed by atoms with Crippen LogP contribution in [0.4, 0.5) is 0 Å². The lowest BCUT2D eigenvalue weighted by molar-refractivity contribution is 1.38. The highest BCUT2D eigenvalue weighted by Crippen LogP contribution is 2.33. The van der Waals surface area contributed by atoms with Gasteiger partial charge in [0.15, 0.2) is 0 Å². The van der Waals surface area contributed by atoms with E-state index in [0.717, 1.165) is 11.3 Å². The van der Waals surface area contributed by atoms with Crippen LogP contribution >= 0.6 is 11.8 Å². The summed E-state index contributed by atoms with van der Waals surface area (Å²) in [6, 6.07) is 8.50. The molecule has 0 saturated heterocycles. The van der Waals surface area contributed by atoms with Crippen LogP contribution < -0.4 is 0 Å². The predicted molar refractivity (Wildman–Crippen MR) is 65.1 cm³/mol. The largest absolute Gasteiger partial charge is 0.185 e. The van der Waals surface area contributed by atoms with Gasteiger partial charge in [-0.3, -0.25) is 0 Å². The van der Waals surface area contributed by atoms with Crippen molar-refractivity contribution in [2.24, 2.45) is 0 Å². The van der Waals surface area contributed by atoms with E-state index < -0.39 is 0 Å². The molecule has 0 N–H and O–H groups in total. The minimum absolute atomic E-state index is 0.890. The molecule has 1 aliphatic carbocycles. The summed E-state index contributed by atoms with van der Waals surface area (Å²) in [4.78, 5) is 1.13. The number of allylic oxidation sites excluding steroid dienone is 4. The first-order valence-corrected chi connectivity index (χ1v) is 5.64. The van der Waals surface area contributed by atoms with Gasteiger partial charge in [0.1, 0.15) is 5.40 Å². The second-order valence-corrected chi connectivity index (χ2v) is 4.47. The molecule has 15 heavy (non-hydrogen) atoms. The summed E-state index contributed by atoms with van der Waals surface area (Å²) in [5, 5.41) is 10.7.